The van der Waals surface area contributed by atoms with E-state index in [2.05, 4.69) is 20.2 Å². The van der Waals surface area contributed by atoms with Crippen LogP contribution in [0.2, 0.25) is 0 Å². The lowest BCUT2D eigenvalue weighted by Gasteiger charge is -2.31. The van der Waals surface area contributed by atoms with Gasteiger partial charge in [0.2, 0.25) is 5.95 Å². The number of methoxy groups -OCH3 is 2. The molecule has 0 unspecified atom stereocenters. The van der Waals surface area contributed by atoms with Crippen molar-refractivity contribution in [2.45, 2.75) is 0 Å². The summed E-state index contributed by atoms with van der Waals surface area (Å²) in [7, 11) is 2.51. The van der Waals surface area contributed by atoms with Crippen molar-refractivity contribution in [1.82, 2.24) is 9.97 Å². The molecule has 0 atom stereocenters. The third-order valence-electron chi connectivity index (χ3n) is 4.84. The molecule has 0 spiro atoms. The van der Waals surface area contributed by atoms with Crippen molar-refractivity contribution in [2.24, 2.45) is 0 Å². The third-order valence-corrected chi connectivity index (χ3v) is 4.84. The molecule has 0 radical (unpaired) electrons. The predicted octanol–water partition coefficient (Wildman–Crippen LogP) is -0.607. The smallest absolute Gasteiger partial charge is 0.339 e. The van der Waals surface area contributed by atoms with Gasteiger partial charge in [-0.1, -0.05) is 0 Å². The molecule has 1 aromatic heterocycles. The lowest BCUT2D eigenvalue weighted by atomic mass is 10.1. The molecule has 30 heavy (non-hydrogen) atoms. The lowest BCUT2D eigenvalue weighted by Crippen LogP contribution is -3.15. The Morgan fingerprint density at radius 1 is 1.07 bits per heavy atom. The summed E-state index contributed by atoms with van der Waals surface area (Å²) in [6, 6.07) is 6.06. The zero-order chi connectivity index (χ0) is 21.5. The maximum absolute atomic E-state index is 12.6. The molecule has 1 aliphatic heterocycles. The second-order valence-electron chi connectivity index (χ2n) is 6.75. The number of rotatable bonds is 6. The molecule has 10 nitrogen and oxygen atoms in total. The van der Waals surface area contributed by atoms with Gasteiger partial charge in [-0.3, -0.25) is 4.79 Å². The Morgan fingerprint density at radius 3 is 2.37 bits per heavy atom. The Balaban J connectivity index is 1.63. The van der Waals surface area contributed by atoms with Crippen molar-refractivity contribution in [3.63, 3.8) is 0 Å². The van der Waals surface area contributed by atoms with Crippen molar-refractivity contribution < 1.29 is 28.8 Å². The summed E-state index contributed by atoms with van der Waals surface area (Å²) in [5.74, 6) is -0.748. The van der Waals surface area contributed by atoms with Crippen molar-refractivity contribution in [2.75, 3.05) is 57.2 Å². The molecule has 0 aliphatic carbocycles. The SMILES string of the molecule is COC(=O)c1ccc(C(=O)OC)c(NC(=O)C[NH+]2CCN(c3ncccn3)CC2)c1. The summed E-state index contributed by atoms with van der Waals surface area (Å²) < 4.78 is 9.46. The van der Waals surface area contributed by atoms with Gasteiger partial charge in [-0.05, 0) is 24.3 Å². The van der Waals surface area contributed by atoms with Crippen LogP contribution in [0.1, 0.15) is 20.7 Å². The number of hydrogen-bond acceptors (Lipinski definition) is 8. The van der Waals surface area contributed by atoms with E-state index in [0.717, 1.165) is 31.1 Å². The summed E-state index contributed by atoms with van der Waals surface area (Å²) in [5, 5.41) is 2.73. The van der Waals surface area contributed by atoms with Crippen molar-refractivity contribution in [1.29, 1.82) is 0 Å². The third kappa shape index (κ3) is 5.09. The van der Waals surface area contributed by atoms with E-state index < -0.39 is 11.9 Å². The summed E-state index contributed by atoms with van der Waals surface area (Å²) in [6.45, 7) is 3.19. The minimum absolute atomic E-state index is 0.166. The zero-order valence-electron chi connectivity index (χ0n) is 16.9. The van der Waals surface area contributed by atoms with Gasteiger partial charge in [0.15, 0.2) is 6.54 Å². The Hall–Kier alpha value is -3.53. The van der Waals surface area contributed by atoms with Crippen LogP contribution in [0.3, 0.4) is 0 Å². The molecule has 1 aromatic carbocycles. The van der Waals surface area contributed by atoms with Crippen LogP contribution in [0, 0.1) is 0 Å². The maximum atomic E-state index is 12.6. The maximum Gasteiger partial charge on any atom is 0.339 e. The number of carbonyl (C=O) groups excluding carboxylic acids is 3. The first-order valence-corrected chi connectivity index (χ1v) is 9.48. The summed E-state index contributed by atoms with van der Waals surface area (Å²) in [6.07, 6.45) is 3.41. The van der Waals surface area contributed by atoms with E-state index in [1.165, 1.54) is 32.4 Å². The normalized spacial score (nSPS) is 14.1. The Morgan fingerprint density at radius 2 is 1.73 bits per heavy atom. The van der Waals surface area contributed by atoms with Gasteiger partial charge >= 0.3 is 11.9 Å². The highest BCUT2D eigenvalue weighted by Crippen LogP contribution is 2.19. The highest BCUT2D eigenvalue weighted by molar-refractivity contribution is 6.03. The summed E-state index contributed by atoms with van der Waals surface area (Å²) >= 11 is 0. The summed E-state index contributed by atoms with van der Waals surface area (Å²) in [4.78, 5) is 48.1. The van der Waals surface area contributed by atoms with Gasteiger partial charge in [-0.2, -0.15) is 0 Å². The van der Waals surface area contributed by atoms with Crippen molar-refractivity contribution >= 4 is 29.5 Å². The minimum Gasteiger partial charge on any atom is -0.465 e. The quantitative estimate of drug-likeness (QED) is 0.602. The largest absolute Gasteiger partial charge is 0.465 e. The van der Waals surface area contributed by atoms with Crippen LogP contribution in [0.5, 0.6) is 0 Å². The van der Waals surface area contributed by atoms with Gasteiger partial charge in [-0.15, -0.1) is 0 Å². The van der Waals surface area contributed by atoms with Gasteiger partial charge < -0.3 is 24.6 Å². The molecule has 1 fully saturated rings. The lowest BCUT2D eigenvalue weighted by molar-refractivity contribution is -0.892. The van der Waals surface area contributed by atoms with Gasteiger partial charge in [0.1, 0.15) is 0 Å². The molecular formula is C20H24N5O5+. The Bertz CT molecular complexity index is 913. The number of quaternary nitrogens is 1. The van der Waals surface area contributed by atoms with E-state index in [0.29, 0.717) is 5.95 Å². The van der Waals surface area contributed by atoms with Crippen molar-refractivity contribution in [3.05, 3.63) is 47.8 Å². The van der Waals surface area contributed by atoms with Gasteiger partial charge in [-0.25, -0.2) is 19.6 Å². The van der Waals surface area contributed by atoms with Gasteiger partial charge in [0.05, 0.1) is 57.2 Å². The van der Waals surface area contributed by atoms with E-state index in [-0.39, 0.29) is 29.3 Å². The van der Waals surface area contributed by atoms with Crippen LogP contribution < -0.4 is 15.1 Å². The molecule has 0 bridgehead atoms. The van der Waals surface area contributed by atoms with E-state index >= 15 is 0 Å². The number of carbonyl (C=O) groups is 3. The number of esters is 2. The number of hydrogen-bond donors (Lipinski definition) is 2. The average Bonchev–Trinajstić information content (AvgIpc) is 2.79. The van der Waals surface area contributed by atoms with Crippen LogP contribution in [0.25, 0.3) is 0 Å². The number of nitrogens with one attached hydrogen (secondary N) is 2. The molecule has 1 amide bonds. The predicted molar refractivity (Wildman–Crippen MR) is 108 cm³/mol. The number of aromatic nitrogens is 2. The number of ether oxygens (including phenoxy) is 2. The van der Waals surface area contributed by atoms with E-state index in [1.807, 2.05) is 0 Å². The molecule has 158 valence electrons. The van der Waals surface area contributed by atoms with Gasteiger partial charge in [0, 0.05) is 12.4 Å². The first kappa shape index (κ1) is 21.2. The van der Waals surface area contributed by atoms with Gasteiger partial charge in [0.25, 0.3) is 5.91 Å². The molecule has 2 N–H and O–H groups in total. The Kier molecular flexibility index (Phi) is 6.91. The molecular weight excluding hydrogens is 390 g/mol. The number of benzene rings is 1. The van der Waals surface area contributed by atoms with Crippen molar-refractivity contribution in [3.8, 4) is 0 Å². The molecule has 2 heterocycles. The van der Waals surface area contributed by atoms with E-state index in [9.17, 15) is 14.4 Å². The monoisotopic (exact) mass is 414 g/mol. The Labute approximate surface area is 173 Å². The standard InChI is InChI=1S/C20H23N5O5/c1-29-18(27)14-4-5-15(19(28)30-2)16(12-14)23-17(26)13-24-8-10-25(11-9-24)20-21-6-3-7-22-20/h3-7,12H,8-11,13H2,1-2H3,(H,23,26)/p+1. The second-order valence-corrected chi connectivity index (χ2v) is 6.75. The fourth-order valence-corrected chi connectivity index (χ4v) is 3.26. The minimum atomic E-state index is -0.606. The number of nitrogens with zero attached hydrogens (tertiary/aromatic N) is 3. The van der Waals surface area contributed by atoms with Crippen LogP contribution in [-0.4, -0.2) is 74.8 Å². The zero-order valence-corrected chi connectivity index (χ0v) is 16.9. The number of piperazine rings is 1. The van der Waals surface area contributed by atoms with Crippen LogP contribution >= 0.6 is 0 Å². The molecule has 10 heteroatoms. The molecule has 1 aliphatic rings. The first-order chi connectivity index (χ1) is 14.5. The molecule has 0 saturated carbocycles. The van der Waals surface area contributed by atoms with Crippen LogP contribution in [-0.2, 0) is 14.3 Å². The fraction of sp³-hybridized carbons (Fsp3) is 0.350. The molecule has 2 aromatic rings. The van der Waals surface area contributed by atoms with Crippen LogP contribution in [0.4, 0.5) is 11.6 Å². The number of amides is 1. The second kappa shape index (κ2) is 9.79. The number of anilines is 2. The summed E-state index contributed by atoms with van der Waals surface area (Å²) in [5.41, 5.74) is 0.606. The average molecular weight is 414 g/mol. The fourth-order valence-electron chi connectivity index (χ4n) is 3.26. The van der Waals surface area contributed by atoms with E-state index in [4.69, 9.17) is 9.47 Å². The van der Waals surface area contributed by atoms with E-state index in [1.54, 1.807) is 18.5 Å². The first-order valence-electron chi connectivity index (χ1n) is 9.48. The highest BCUT2D eigenvalue weighted by atomic mass is 16.5. The topological polar surface area (TPSA) is 115 Å². The van der Waals surface area contributed by atoms with Crippen LogP contribution in [0.15, 0.2) is 36.7 Å². The molecule has 1 saturated heterocycles. The highest BCUT2D eigenvalue weighted by Gasteiger charge is 2.24. The molecule has 3 rings (SSSR count).